The molecule has 2 heterocycles. The summed E-state index contributed by atoms with van der Waals surface area (Å²) < 4.78 is 1.84. The number of hydrogen-bond acceptors (Lipinski definition) is 7. The van der Waals surface area contributed by atoms with Crippen LogP contribution in [0, 0.1) is 16.0 Å². The van der Waals surface area contributed by atoms with E-state index < -0.39 is 4.92 Å². The molecule has 0 spiro atoms. The van der Waals surface area contributed by atoms with Crippen molar-refractivity contribution in [2.24, 2.45) is 5.92 Å². The fourth-order valence-corrected chi connectivity index (χ4v) is 5.71. The van der Waals surface area contributed by atoms with E-state index in [-0.39, 0.29) is 23.4 Å². The molecule has 2 atom stereocenters. The second-order valence-electron chi connectivity index (χ2n) is 8.66. The Hall–Kier alpha value is -3.98. The molecule has 0 bridgehead atoms. The topological polar surface area (TPSA) is 103 Å². The molecule has 6 rings (SSSR count). The number of fused-ring (bicyclic) bond motifs is 3. The highest BCUT2D eigenvalue weighted by Gasteiger charge is 2.42. The molecule has 35 heavy (non-hydrogen) atoms. The van der Waals surface area contributed by atoms with Gasteiger partial charge in [-0.15, -0.1) is 5.10 Å². The summed E-state index contributed by atoms with van der Waals surface area (Å²) in [7, 11) is 0. The van der Waals surface area contributed by atoms with Crippen molar-refractivity contribution in [1.29, 1.82) is 0 Å². The number of carbonyl (C=O) groups is 1. The molecule has 1 aromatic heterocycles. The van der Waals surface area contributed by atoms with Gasteiger partial charge in [0.1, 0.15) is 5.78 Å². The number of benzene rings is 3. The van der Waals surface area contributed by atoms with E-state index in [2.05, 4.69) is 35.7 Å². The molecule has 174 valence electrons. The van der Waals surface area contributed by atoms with Gasteiger partial charge in [-0.1, -0.05) is 72.4 Å². The third-order valence-electron chi connectivity index (χ3n) is 6.52. The number of allylic oxidation sites excluding steroid dienone is 2. The number of nitro benzene ring substituents is 1. The molecular weight excluding hydrogens is 462 g/mol. The van der Waals surface area contributed by atoms with Crippen LogP contribution in [0.2, 0.25) is 0 Å². The van der Waals surface area contributed by atoms with Gasteiger partial charge in [-0.25, -0.2) is 4.68 Å². The van der Waals surface area contributed by atoms with E-state index in [0.29, 0.717) is 29.7 Å². The summed E-state index contributed by atoms with van der Waals surface area (Å²) >= 11 is 1.41. The number of aromatic nitrogens is 3. The van der Waals surface area contributed by atoms with E-state index in [9.17, 15) is 14.9 Å². The fourth-order valence-electron chi connectivity index (χ4n) is 4.94. The lowest BCUT2D eigenvalue weighted by atomic mass is 9.79. The van der Waals surface area contributed by atoms with Gasteiger partial charge in [0.15, 0.2) is 0 Å². The summed E-state index contributed by atoms with van der Waals surface area (Å²) in [4.78, 5) is 28.6. The molecule has 3 aromatic carbocycles. The number of hydrogen-bond donors (Lipinski definition) is 1. The number of anilines is 1. The van der Waals surface area contributed by atoms with E-state index in [1.54, 1.807) is 12.1 Å². The predicted octanol–water partition coefficient (Wildman–Crippen LogP) is 5.51. The van der Waals surface area contributed by atoms with Crippen molar-refractivity contribution in [2.75, 3.05) is 5.32 Å². The number of nitrogens with one attached hydrogen (secondary N) is 1. The van der Waals surface area contributed by atoms with Gasteiger partial charge in [-0.3, -0.25) is 14.9 Å². The Labute approximate surface area is 205 Å². The summed E-state index contributed by atoms with van der Waals surface area (Å²) in [5.41, 5.74) is 2.81. The van der Waals surface area contributed by atoms with E-state index in [1.165, 1.54) is 17.8 Å². The Kier molecular flexibility index (Phi) is 5.33. The van der Waals surface area contributed by atoms with Crippen molar-refractivity contribution in [2.45, 2.75) is 29.8 Å². The van der Waals surface area contributed by atoms with Gasteiger partial charge in [-0.05, 0) is 28.3 Å². The quantitative estimate of drug-likeness (QED) is 0.227. The van der Waals surface area contributed by atoms with Gasteiger partial charge in [0.05, 0.1) is 16.9 Å². The zero-order valence-electron chi connectivity index (χ0n) is 18.6. The van der Waals surface area contributed by atoms with Crippen LogP contribution in [0.25, 0.3) is 10.8 Å². The highest BCUT2D eigenvalue weighted by molar-refractivity contribution is 7.98. The van der Waals surface area contributed by atoms with Crippen molar-refractivity contribution < 1.29 is 9.72 Å². The van der Waals surface area contributed by atoms with Crippen LogP contribution in [0.5, 0.6) is 0 Å². The lowest BCUT2D eigenvalue weighted by molar-refractivity contribution is -0.384. The molecule has 1 aliphatic carbocycles. The zero-order chi connectivity index (χ0) is 23.9. The predicted molar refractivity (Wildman–Crippen MR) is 134 cm³/mol. The van der Waals surface area contributed by atoms with Crippen molar-refractivity contribution >= 4 is 40.0 Å². The number of ketones is 1. The van der Waals surface area contributed by atoms with Gasteiger partial charge < -0.3 is 5.32 Å². The van der Waals surface area contributed by atoms with Gasteiger partial charge >= 0.3 is 0 Å². The SMILES string of the molecule is O=C1CCC=C2Nc3nc(SCc4cccc([N+](=O)[O-])c4)nn3[C@@H](c3cccc4ccccc34)[C@H]12. The molecule has 0 unspecified atom stereocenters. The molecular formula is C26H21N5O3S. The number of Topliss-reactive ketones (excluding diaryl/α,β-unsaturated/α-hetero) is 1. The van der Waals surface area contributed by atoms with Gasteiger partial charge in [0.25, 0.3) is 5.69 Å². The first-order chi connectivity index (χ1) is 17.1. The van der Waals surface area contributed by atoms with Crippen molar-refractivity contribution in [3.8, 4) is 0 Å². The van der Waals surface area contributed by atoms with E-state index in [1.807, 2.05) is 28.9 Å². The largest absolute Gasteiger partial charge is 0.328 e. The second-order valence-corrected chi connectivity index (χ2v) is 9.60. The van der Waals surface area contributed by atoms with E-state index in [4.69, 9.17) is 10.1 Å². The lowest BCUT2D eigenvalue weighted by Crippen LogP contribution is -2.38. The maximum atomic E-state index is 13.2. The summed E-state index contributed by atoms with van der Waals surface area (Å²) in [5.74, 6) is 0.940. The molecule has 0 amide bonds. The first kappa shape index (κ1) is 21.5. The third kappa shape index (κ3) is 3.87. The molecule has 2 aliphatic rings. The molecule has 0 radical (unpaired) electrons. The number of non-ortho nitro benzene ring substituents is 1. The van der Waals surface area contributed by atoms with Crippen molar-refractivity contribution in [3.63, 3.8) is 0 Å². The van der Waals surface area contributed by atoms with Crippen LogP contribution >= 0.6 is 11.8 Å². The zero-order valence-corrected chi connectivity index (χ0v) is 19.4. The Bertz CT molecular complexity index is 1510. The molecule has 0 fully saturated rings. The summed E-state index contributed by atoms with van der Waals surface area (Å²) in [6, 6.07) is 20.6. The second kappa shape index (κ2) is 8.66. The standard InChI is InChI=1S/C26H21N5O3S/c32-22-13-5-12-21-23(22)24(20-11-4-8-17-7-1-2-10-19(17)20)30-25(27-21)28-26(29-30)35-15-16-6-3-9-18(14-16)31(33)34/h1-4,6-12,14,23-24H,5,13,15H2,(H,27,28,29)/t23-,24-/m0/s1. The molecule has 8 nitrogen and oxygen atoms in total. The molecule has 4 aromatic rings. The third-order valence-corrected chi connectivity index (χ3v) is 7.42. The summed E-state index contributed by atoms with van der Waals surface area (Å²) in [6.07, 6.45) is 3.32. The molecule has 1 aliphatic heterocycles. The van der Waals surface area contributed by atoms with Gasteiger partial charge in [0.2, 0.25) is 11.1 Å². The van der Waals surface area contributed by atoms with Crippen LogP contribution in [-0.2, 0) is 10.5 Å². The maximum Gasteiger partial charge on any atom is 0.269 e. The van der Waals surface area contributed by atoms with E-state index in [0.717, 1.165) is 27.6 Å². The Morgan fingerprint density at radius 2 is 1.94 bits per heavy atom. The van der Waals surface area contributed by atoms with Crippen LogP contribution in [0.1, 0.15) is 30.0 Å². The average Bonchev–Trinajstić information content (AvgIpc) is 3.29. The van der Waals surface area contributed by atoms with Crippen molar-refractivity contribution in [1.82, 2.24) is 14.8 Å². The smallest absolute Gasteiger partial charge is 0.269 e. The maximum absolute atomic E-state index is 13.2. The van der Waals surface area contributed by atoms with Crippen LogP contribution in [0.4, 0.5) is 11.6 Å². The molecule has 0 saturated carbocycles. The van der Waals surface area contributed by atoms with Crippen LogP contribution in [0.15, 0.2) is 83.7 Å². The van der Waals surface area contributed by atoms with Gasteiger partial charge in [-0.2, -0.15) is 4.98 Å². The average molecular weight is 484 g/mol. The van der Waals surface area contributed by atoms with Crippen LogP contribution in [-0.4, -0.2) is 25.5 Å². The Morgan fingerprint density at radius 3 is 2.83 bits per heavy atom. The normalized spacial score (nSPS) is 19.0. The van der Waals surface area contributed by atoms with Gasteiger partial charge in [0, 0.05) is 30.0 Å². The monoisotopic (exact) mass is 483 g/mol. The summed E-state index contributed by atoms with van der Waals surface area (Å²) in [5, 5.41) is 22.0. The Morgan fingerprint density at radius 1 is 1.11 bits per heavy atom. The number of nitrogens with zero attached hydrogens (tertiary/aromatic N) is 4. The molecule has 0 saturated heterocycles. The highest BCUT2D eigenvalue weighted by Crippen LogP contribution is 2.43. The van der Waals surface area contributed by atoms with Crippen molar-refractivity contribution in [3.05, 3.63) is 99.7 Å². The molecule has 9 heteroatoms. The fraction of sp³-hybridized carbons (Fsp3) is 0.192. The minimum Gasteiger partial charge on any atom is -0.328 e. The summed E-state index contributed by atoms with van der Waals surface area (Å²) in [6.45, 7) is 0. The number of nitro groups is 1. The van der Waals surface area contributed by atoms with Crippen LogP contribution < -0.4 is 5.32 Å². The lowest BCUT2D eigenvalue weighted by Gasteiger charge is -2.36. The minimum atomic E-state index is -0.396. The highest BCUT2D eigenvalue weighted by atomic mass is 32.2. The first-order valence-corrected chi connectivity index (χ1v) is 12.4. The Balaban J connectivity index is 1.40. The van der Waals surface area contributed by atoms with Crippen LogP contribution in [0.3, 0.4) is 0 Å². The number of rotatable bonds is 5. The minimum absolute atomic E-state index is 0.0624. The number of thioether (sulfide) groups is 1. The molecule has 1 N–H and O–H groups in total. The van der Waals surface area contributed by atoms with E-state index >= 15 is 0 Å². The first-order valence-electron chi connectivity index (χ1n) is 11.4. The number of carbonyl (C=O) groups excluding carboxylic acids is 1.